The van der Waals surface area contributed by atoms with E-state index in [9.17, 15) is 4.79 Å². The SMILES string of the molecule is NC(=O)c1[c]c(C2CC2)ccc1. The van der Waals surface area contributed by atoms with Crippen LogP contribution in [0.1, 0.15) is 34.7 Å². The summed E-state index contributed by atoms with van der Waals surface area (Å²) < 4.78 is 0. The molecule has 1 radical (unpaired) electrons. The van der Waals surface area contributed by atoms with E-state index in [1.54, 1.807) is 6.07 Å². The molecule has 1 amide bonds. The van der Waals surface area contributed by atoms with E-state index in [-0.39, 0.29) is 0 Å². The van der Waals surface area contributed by atoms with Crippen molar-refractivity contribution in [3.63, 3.8) is 0 Å². The van der Waals surface area contributed by atoms with Crippen molar-refractivity contribution < 1.29 is 4.79 Å². The maximum atomic E-state index is 10.8. The maximum absolute atomic E-state index is 10.8. The third kappa shape index (κ3) is 1.33. The smallest absolute Gasteiger partial charge is 0.249 e. The molecule has 2 N–H and O–H groups in total. The van der Waals surface area contributed by atoms with Crippen molar-refractivity contribution in [2.45, 2.75) is 18.8 Å². The summed E-state index contributed by atoms with van der Waals surface area (Å²) in [4.78, 5) is 10.8. The van der Waals surface area contributed by atoms with Crippen molar-refractivity contribution in [1.82, 2.24) is 0 Å². The highest BCUT2D eigenvalue weighted by Crippen LogP contribution is 2.39. The Kier molecular flexibility index (Phi) is 1.61. The van der Waals surface area contributed by atoms with Gasteiger partial charge in [-0.15, -0.1) is 0 Å². The largest absolute Gasteiger partial charge is 0.366 e. The third-order valence-corrected chi connectivity index (χ3v) is 2.10. The number of nitrogens with two attached hydrogens (primary N) is 1. The Morgan fingerprint density at radius 2 is 2.25 bits per heavy atom. The molecule has 1 aliphatic rings. The van der Waals surface area contributed by atoms with Crippen molar-refractivity contribution in [3.8, 4) is 0 Å². The first-order valence-corrected chi connectivity index (χ1v) is 4.09. The minimum absolute atomic E-state index is 0.391. The summed E-state index contributed by atoms with van der Waals surface area (Å²) in [6.45, 7) is 0. The molecular weight excluding hydrogens is 150 g/mol. The number of amides is 1. The van der Waals surface area contributed by atoms with E-state index in [1.165, 1.54) is 12.8 Å². The van der Waals surface area contributed by atoms with Gasteiger partial charge in [0.25, 0.3) is 0 Å². The monoisotopic (exact) mass is 160 g/mol. The molecule has 1 aromatic carbocycles. The summed E-state index contributed by atoms with van der Waals surface area (Å²) >= 11 is 0. The van der Waals surface area contributed by atoms with E-state index in [0.717, 1.165) is 5.56 Å². The van der Waals surface area contributed by atoms with Crippen LogP contribution in [0.3, 0.4) is 0 Å². The van der Waals surface area contributed by atoms with Crippen molar-refractivity contribution in [1.29, 1.82) is 0 Å². The van der Waals surface area contributed by atoms with Crippen LogP contribution in [0.4, 0.5) is 0 Å². The molecule has 0 bridgehead atoms. The van der Waals surface area contributed by atoms with E-state index >= 15 is 0 Å². The summed E-state index contributed by atoms with van der Waals surface area (Å²) in [6.07, 6.45) is 2.44. The van der Waals surface area contributed by atoms with Crippen LogP contribution in [0, 0.1) is 6.07 Å². The van der Waals surface area contributed by atoms with Crippen LogP contribution in [-0.4, -0.2) is 5.91 Å². The second kappa shape index (κ2) is 2.63. The van der Waals surface area contributed by atoms with Gasteiger partial charge in [-0.3, -0.25) is 4.79 Å². The number of benzene rings is 1. The number of hydrogen-bond donors (Lipinski definition) is 1. The van der Waals surface area contributed by atoms with E-state index in [4.69, 9.17) is 5.73 Å². The molecule has 1 aliphatic carbocycles. The molecule has 61 valence electrons. The lowest BCUT2D eigenvalue weighted by atomic mass is 10.1. The van der Waals surface area contributed by atoms with Gasteiger partial charge < -0.3 is 5.73 Å². The number of rotatable bonds is 2. The molecule has 0 heterocycles. The van der Waals surface area contributed by atoms with Gasteiger partial charge in [0, 0.05) is 5.56 Å². The fourth-order valence-electron chi connectivity index (χ4n) is 1.26. The molecule has 0 aliphatic heterocycles. The van der Waals surface area contributed by atoms with E-state index < -0.39 is 5.91 Å². The molecule has 0 saturated heterocycles. The number of carbonyl (C=O) groups is 1. The van der Waals surface area contributed by atoms with E-state index in [2.05, 4.69) is 6.07 Å². The molecule has 0 atom stereocenters. The highest BCUT2D eigenvalue weighted by atomic mass is 16.1. The molecule has 1 aromatic rings. The van der Waals surface area contributed by atoms with Gasteiger partial charge >= 0.3 is 0 Å². The topological polar surface area (TPSA) is 43.1 Å². The quantitative estimate of drug-likeness (QED) is 0.699. The molecular formula is C10H10NO. The Balaban J connectivity index is 2.32. The second-order valence-corrected chi connectivity index (χ2v) is 3.16. The predicted octanol–water partition coefficient (Wildman–Crippen LogP) is 1.46. The molecule has 2 heteroatoms. The van der Waals surface area contributed by atoms with Gasteiger partial charge in [-0.05, 0) is 36.5 Å². The van der Waals surface area contributed by atoms with Crippen LogP contribution >= 0.6 is 0 Å². The molecule has 1 saturated carbocycles. The number of primary amides is 1. The molecule has 2 rings (SSSR count). The van der Waals surface area contributed by atoms with Crippen molar-refractivity contribution in [2.24, 2.45) is 5.73 Å². The standard InChI is InChI=1S/C10H10NO/c11-10(12)9-3-1-2-8(6-9)7-4-5-7/h1-3,7H,4-5H2,(H2,11,12). The lowest BCUT2D eigenvalue weighted by molar-refractivity contribution is 0.1000. The Morgan fingerprint density at radius 3 is 2.83 bits per heavy atom. The van der Waals surface area contributed by atoms with Gasteiger partial charge in [0.15, 0.2) is 0 Å². The van der Waals surface area contributed by atoms with Gasteiger partial charge in [0.2, 0.25) is 5.91 Å². The fraction of sp³-hybridized carbons (Fsp3) is 0.300. The summed E-state index contributed by atoms with van der Waals surface area (Å²) in [5.41, 5.74) is 6.76. The van der Waals surface area contributed by atoms with Gasteiger partial charge in [-0.2, -0.15) is 0 Å². The fourth-order valence-corrected chi connectivity index (χ4v) is 1.26. The molecule has 0 spiro atoms. The second-order valence-electron chi connectivity index (χ2n) is 3.16. The molecule has 1 fully saturated rings. The maximum Gasteiger partial charge on any atom is 0.249 e. The number of hydrogen-bond acceptors (Lipinski definition) is 1. The van der Waals surface area contributed by atoms with Gasteiger partial charge in [-0.25, -0.2) is 0 Å². The highest BCUT2D eigenvalue weighted by molar-refractivity contribution is 5.92. The minimum Gasteiger partial charge on any atom is -0.366 e. The van der Waals surface area contributed by atoms with Crippen LogP contribution < -0.4 is 5.73 Å². The van der Waals surface area contributed by atoms with Gasteiger partial charge in [-0.1, -0.05) is 12.1 Å². The summed E-state index contributed by atoms with van der Waals surface area (Å²) in [7, 11) is 0. The summed E-state index contributed by atoms with van der Waals surface area (Å²) in [6, 6.07) is 8.60. The third-order valence-electron chi connectivity index (χ3n) is 2.10. The summed E-state index contributed by atoms with van der Waals surface area (Å²) in [5, 5.41) is 0. The highest BCUT2D eigenvalue weighted by Gasteiger charge is 2.23. The zero-order valence-electron chi connectivity index (χ0n) is 6.71. The van der Waals surface area contributed by atoms with Crippen molar-refractivity contribution in [3.05, 3.63) is 35.4 Å². The molecule has 0 aromatic heterocycles. The van der Waals surface area contributed by atoms with Crippen molar-refractivity contribution >= 4 is 5.91 Å². The van der Waals surface area contributed by atoms with Crippen LogP contribution in [0.25, 0.3) is 0 Å². The van der Waals surface area contributed by atoms with Crippen LogP contribution in [-0.2, 0) is 0 Å². The minimum atomic E-state index is -0.391. The zero-order chi connectivity index (χ0) is 8.55. The Morgan fingerprint density at radius 1 is 1.50 bits per heavy atom. The Labute approximate surface area is 71.4 Å². The van der Waals surface area contributed by atoms with E-state index in [1.807, 2.05) is 12.1 Å². The molecule has 12 heavy (non-hydrogen) atoms. The first-order chi connectivity index (χ1) is 5.77. The van der Waals surface area contributed by atoms with Crippen LogP contribution in [0.2, 0.25) is 0 Å². The van der Waals surface area contributed by atoms with Gasteiger partial charge in [0.1, 0.15) is 0 Å². The number of carbonyl (C=O) groups excluding carboxylic acids is 1. The predicted molar refractivity (Wildman–Crippen MR) is 45.8 cm³/mol. The van der Waals surface area contributed by atoms with Crippen LogP contribution in [0.15, 0.2) is 18.2 Å². The normalized spacial score (nSPS) is 16.0. The Bertz CT molecular complexity index is 315. The summed E-state index contributed by atoms with van der Waals surface area (Å²) in [5.74, 6) is 0.238. The first kappa shape index (κ1) is 7.35. The molecule has 0 unspecified atom stereocenters. The van der Waals surface area contributed by atoms with Crippen LogP contribution in [0.5, 0.6) is 0 Å². The lowest BCUT2D eigenvalue weighted by Crippen LogP contribution is -2.11. The zero-order valence-corrected chi connectivity index (χ0v) is 6.71. The lowest BCUT2D eigenvalue weighted by Gasteiger charge is -1.98. The first-order valence-electron chi connectivity index (χ1n) is 4.09. The van der Waals surface area contributed by atoms with Crippen molar-refractivity contribution in [2.75, 3.05) is 0 Å². The average molecular weight is 160 g/mol. The van der Waals surface area contributed by atoms with E-state index in [0.29, 0.717) is 11.5 Å². The Hall–Kier alpha value is -1.31. The van der Waals surface area contributed by atoms with Gasteiger partial charge in [0.05, 0.1) is 0 Å². The molecule has 2 nitrogen and oxygen atoms in total. The average Bonchev–Trinajstić information content (AvgIpc) is 2.87.